The van der Waals surface area contributed by atoms with E-state index in [1.165, 1.54) is 50.1 Å². The van der Waals surface area contributed by atoms with Crippen molar-refractivity contribution in [3.05, 3.63) is 217 Å². The van der Waals surface area contributed by atoms with Gasteiger partial charge in [-0.15, -0.1) is 0 Å². The summed E-state index contributed by atoms with van der Waals surface area (Å²) in [4.78, 5) is 2.50. The number of fused-ring (bicyclic) bond motifs is 9. The second-order valence-corrected chi connectivity index (χ2v) is 15.7. The average molecular weight is 746 g/mol. The molecule has 0 saturated heterocycles. The molecular formula is C54H39N3O. The van der Waals surface area contributed by atoms with E-state index in [4.69, 9.17) is 4.42 Å². The molecule has 12 rings (SSSR count). The largest absolute Gasteiger partial charge is 0.454 e. The molecule has 9 aromatic rings. The number of aromatic nitrogens is 1. The third kappa shape index (κ3) is 5.08. The number of furan rings is 1. The van der Waals surface area contributed by atoms with E-state index in [0.717, 1.165) is 51.1 Å². The standard InChI is InChI=1S/C54H39N3O/c1-3-15-35(16-4-1)39-22-13-26-50(53(39)55-38-17-5-2-6-18-38)56-46-24-10-7-19-40(46)44-33-36(29-31-48(44)56)37-30-32-49-45(34-37)41-20-8-11-25-47(41)57(49)51-27-14-23-43-42-21-9-12-28-52(42)58-54(43)51/h1-32,34,36,41,47,55H,33H2. The molecule has 3 unspecified atom stereocenters. The van der Waals surface area contributed by atoms with Crippen molar-refractivity contribution < 1.29 is 4.42 Å². The van der Waals surface area contributed by atoms with E-state index in [2.05, 4.69) is 209 Å². The van der Waals surface area contributed by atoms with E-state index in [9.17, 15) is 0 Å². The van der Waals surface area contributed by atoms with E-state index in [0.29, 0.717) is 0 Å². The summed E-state index contributed by atoms with van der Waals surface area (Å²) >= 11 is 0. The highest BCUT2D eigenvalue weighted by molar-refractivity contribution is 6.10. The van der Waals surface area contributed by atoms with Crippen molar-refractivity contribution in [3.63, 3.8) is 0 Å². The van der Waals surface area contributed by atoms with Crippen LogP contribution in [0.3, 0.4) is 0 Å². The fraction of sp³-hybridized carbons (Fsp3) is 0.0741. The Labute approximate surface area is 337 Å². The Balaban J connectivity index is 0.963. The van der Waals surface area contributed by atoms with E-state index < -0.39 is 0 Å². The van der Waals surface area contributed by atoms with Gasteiger partial charge in [0, 0.05) is 50.6 Å². The molecule has 0 saturated carbocycles. The van der Waals surface area contributed by atoms with Crippen LogP contribution >= 0.6 is 0 Å². The minimum absolute atomic E-state index is 0.172. The van der Waals surface area contributed by atoms with Crippen molar-refractivity contribution in [1.82, 2.24) is 4.57 Å². The molecule has 1 N–H and O–H groups in total. The van der Waals surface area contributed by atoms with E-state index in [-0.39, 0.29) is 17.9 Å². The van der Waals surface area contributed by atoms with Crippen molar-refractivity contribution in [2.24, 2.45) is 0 Å². The minimum Gasteiger partial charge on any atom is -0.454 e. The lowest BCUT2D eigenvalue weighted by atomic mass is 9.84. The van der Waals surface area contributed by atoms with Gasteiger partial charge in [-0.2, -0.15) is 0 Å². The van der Waals surface area contributed by atoms with Gasteiger partial charge in [0.05, 0.1) is 28.6 Å². The highest BCUT2D eigenvalue weighted by atomic mass is 16.3. The zero-order valence-electron chi connectivity index (χ0n) is 31.8. The van der Waals surface area contributed by atoms with Crippen molar-refractivity contribution in [2.75, 3.05) is 10.2 Å². The van der Waals surface area contributed by atoms with Gasteiger partial charge >= 0.3 is 0 Å². The Morgan fingerprint density at radius 3 is 2.22 bits per heavy atom. The van der Waals surface area contributed by atoms with E-state index >= 15 is 0 Å². The van der Waals surface area contributed by atoms with Crippen molar-refractivity contribution in [1.29, 1.82) is 0 Å². The van der Waals surface area contributed by atoms with Crippen molar-refractivity contribution >= 4 is 61.7 Å². The number of allylic oxidation sites excluding steroid dienone is 3. The summed E-state index contributed by atoms with van der Waals surface area (Å²) in [5.41, 5.74) is 16.4. The Kier molecular flexibility index (Phi) is 7.45. The molecule has 0 amide bonds. The quantitative estimate of drug-likeness (QED) is 0.184. The molecule has 1 aliphatic heterocycles. The van der Waals surface area contributed by atoms with Gasteiger partial charge in [-0.25, -0.2) is 0 Å². The molecule has 3 aliphatic rings. The monoisotopic (exact) mass is 745 g/mol. The molecular weight excluding hydrogens is 707 g/mol. The number of hydrogen-bond donors (Lipinski definition) is 1. The van der Waals surface area contributed by atoms with Gasteiger partial charge in [0.15, 0.2) is 5.58 Å². The predicted molar refractivity (Wildman–Crippen MR) is 241 cm³/mol. The maximum Gasteiger partial charge on any atom is 0.159 e. The molecule has 0 radical (unpaired) electrons. The average Bonchev–Trinajstić information content (AvgIpc) is 3.95. The van der Waals surface area contributed by atoms with Gasteiger partial charge in [-0.05, 0) is 77.2 Å². The highest BCUT2D eigenvalue weighted by Crippen LogP contribution is 2.51. The summed E-state index contributed by atoms with van der Waals surface area (Å²) < 4.78 is 9.05. The second-order valence-electron chi connectivity index (χ2n) is 15.7. The number of benzene rings is 7. The summed E-state index contributed by atoms with van der Waals surface area (Å²) in [7, 11) is 0. The zero-order valence-corrected chi connectivity index (χ0v) is 31.8. The lowest BCUT2D eigenvalue weighted by Gasteiger charge is -2.28. The molecule has 0 fully saturated rings. The van der Waals surface area contributed by atoms with Crippen LogP contribution in [-0.2, 0) is 6.42 Å². The molecule has 3 heterocycles. The lowest BCUT2D eigenvalue weighted by molar-refractivity contribution is 0.663. The Morgan fingerprint density at radius 2 is 1.33 bits per heavy atom. The Bertz CT molecular complexity index is 3150. The molecule has 4 heteroatoms. The van der Waals surface area contributed by atoms with E-state index in [1.807, 2.05) is 6.07 Å². The summed E-state index contributed by atoms with van der Waals surface area (Å²) in [6.45, 7) is 0. The van der Waals surface area contributed by atoms with Gasteiger partial charge in [0.1, 0.15) is 5.58 Å². The van der Waals surface area contributed by atoms with Crippen LogP contribution in [0.5, 0.6) is 0 Å². The van der Waals surface area contributed by atoms with Gasteiger partial charge < -0.3 is 19.2 Å². The van der Waals surface area contributed by atoms with E-state index in [1.54, 1.807) is 0 Å². The smallest absolute Gasteiger partial charge is 0.159 e. The number of para-hydroxylation sites is 5. The van der Waals surface area contributed by atoms with Crippen LogP contribution in [0.2, 0.25) is 0 Å². The van der Waals surface area contributed by atoms with Crippen LogP contribution < -0.4 is 10.2 Å². The van der Waals surface area contributed by atoms with Crippen LogP contribution in [0.1, 0.15) is 34.2 Å². The SMILES string of the molecule is C1=CC2c3cc(C4C=Cc5c(c6ccccc6n5-c5cccc(-c6ccccc6)c5Nc5ccccc5)C4)ccc3N(c3cccc4c3oc3ccccc34)C2C=C1. The number of nitrogens with zero attached hydrogens (tertiary/aromatic N) is 2. The summed E-state index contributed by atoms with van der Waals surface area (Å²) in [5.74, 6) is 0.487. The van der Waals surface area contributed by atoms with Gasteiger partial charge in [-0.1, -0.05) is 152 Å². The molecule has 58 heavy (non-hydrogen) atoms. The summed E-state index contributed by atoms with van der Waals surface area (Å²) in [6, 6.07) is 59.1. The maximum absolute atomic E-state index is 6.58. The van der Waals surface area contributed by atoms with Crippen LogP contribution in [0.4, 0.5) is 22.7 Å². The third-order valence-corrected chi connectivity index (χ3v) is 12.5. The highest BCUT2D eigenvalue weighted by Gasteiger charge is 2.39. The van der Waals surface area contributed by atoms with Crippen LogP contribution in [0, 0.1) is 0 Å². The molecule has 0 spiro atoms. The first-order valence-corrected chi connectivity index (χ1v) is 20.3. The second kappa shape index (κ2) is 13.1. The van der Waals surface area contributed by atoms with Crippen molar-refractivity contribution in [3.8, 4) is 16.8 Å². The maximum atomic E-state index is 6.58. The first kappa shape index (κ1) is 32.9. The number of anilines is 4. The number of rotatable bonds is 6. The fourth-order valence-corrected chi connectivity index (χ4v) is 9.87. The van der Waals surface area contributed by atoms with Crippen molar-refractivity contribution in [2.45, 2.75) is 24.3 Å². The predicted octanol–water partition coefficient (Wildman–Crippen LogP) is 14.0. The normalized spacial score (nSPS) is 17.9. The minimum atomic E-state index is 0.172. The molecule has 0 bridgehead atoms. The van der Waals surface area contributed by atoms with Gasteiger partial charge in [-0.3, -0.25) is 0 Å². The molecule has 2 aliphatic carbocycles. The van der Waals surface area contributed by atoms with Gasteiger partial charge in [0.2, 0.25) is 0 Å². The van der Waals surface area contributed by atoms with Crippen LogP contribution in [0.15, 0.2) is 199 Å². The molecule has 7 aromatic carbocycles. The van der Waals surface area contributed by atoms with Crippen LogP contribution in [-0.4, -0.2) is 10.6 Å². The lowest BCUT2D eigenvalue weighted by Crippen LogP contribution is -2.28. The summed E-state index contributed by atoms with van der Waals surface area (Å²) in [5, 5.41) is 7.46. The number of hydrogen-bond acceptors (Lipinski definition) is 3. The fourth-order valence-electron chi connectivity index (χ4n) is 9.87. The molecule has 3 atom stereocenters. The van der Waals surface area contributed by atoms with Gasteiger partial charge in [0.25, 0.3) is 0 Å². The molecule has 4 nitrogen and oxygen atoms in total. The number of nitrogens with one attached hydrogen (secondary N) is 1. The first-order valence-electron chi connectivity index (χ1n) is 20.3. The Morgan fingerprint density at radius 1 is 0.586 bits per heavy atom. The third-order valence-electron chi connectivity index (χ3n) is 12.5. The Hall–Kier alpha value is -7.30. The topological polar surface area (TPSA) is 33.3 Å². The molecule has 276 valence electrons. The van der Waals surface area contributed by atoms with Crippen LogP contribution in [0.25, 0.3) is 55.7 Å². The molecule has 2 aromatic heterocycles. The summed E-state index contributed by atoms with van der Waals surface area (Å²) in [6.07, 6.45) is 14.8. The zero-order chi connectivity index (χ0) is 38.2. The first-order chi connectivity index (χ1) is 28.8.